The van der Waals surface area contributed by atoms with Crippen molar-refractivity contribution in [2.24, 2.45) is 10.1 Å². The zero-order valence-electron chi connectivity index (χ0n) is 19.3. The van der Waals surface area contributed by atoms with Crippen molar-refractivity contribution in [3.8, 4) is 5.69 Å². The average molecular weight is 449 g/mol. The van der Waals surface area contributed by atoms with Gasteiger partial charge >= 0.3 is 0 Å². The molecule has 2 unspecified atom stereocenters. The fourth-order valence-electron chi connectivity index (χ4n) is 4.22. The van der Waals surface area contributed by atoms with Crippen molar-refractivity contribution in [1.29, 1.82) is 0 Å². The second-order valence-corrected chi connectivity index (χ2v) is 8.55. The maximum atomic E-state index is 5.08. The summed E-state index contributed by atoms with van der Waals surface area (Å²) in [6.07, 6.45) is 29.0. The molecule has 34 heavy (non-hydrogen) atoms. The van der Waals surface area contributed by atoms with E-state index < -0.39 is 0 Å². The zero-order valence-corrected chi connectivity index (χ0v) is 19.3. The van der Waals surface area contributed by atoms with Crippen LogP contribution in [0, 0.1) is 6.92 Å². The first-order valence-corrected chi connectivity index (χ1v) is 11.6. The Balaban J connectivity index is 1.46. The van der Waals surface area contributed by atoms with Crippen LogP contribution in [0.25, 0.3) is 11.3 Å². The molecule has 0 spiro atoms. The number of rotatable bonds is 4. The van der Waals surface area contributed by atoms with Gasteiger partial charge in [-0.05, 0) is 62.1 Å². The first kappa shape index (κ1) is 21.8. The van der Waals surface area contributed by atoms with Crippen LogP contribution in [-0.4, -0.2) is 38.0 Å². The molecule has 0 fully saturated rings. The third-order valence-electron chi connectivity index (χ3n) is 6.03. The van der Waals surface area contributed by atoms with Gasteiger partial charge in [-0.25, -0.2) is 4.98 Å². The molecule has 2 aromatic heterocycles. The molecule has 0 bridgehead atoms. The predicted molar refractivity (Wildman–Crippen MR) is 139 cm³/mol. The summed E-state index contributed by atoms with van der Waals surface area (Å²) in [7, 11) is 0. The highest BCUT2D eigenvalue weighted by Gasteiger charge is 2.22. The molecule has 4 heterocycles. The van der Waals surface area contributed by atoms with Gasteiger partial charge in [0.15, 0.2) is 0 Å². The van der Waals surface area contributed by atoms with E-state index in [1.165, 1.54) is 0 Å². The highest BCUT2D eigenvalue weighted by atomic mass is 15.5. The number of hydrogen-bond donors (Lipinski definition) is 0. The maximum Gasteiger partial charge on any atom is 0.144 e. The molecule has 3 aliphatic rings. The summed E-state index contributed by atoms with van der Waals surface area (Å²) < 4.78 is 2.16. The summed E-state index contributed by atoms with van der Waals surface area (Å²) in [4.78, 5) is 14.2. The number of hydrazone groups is 1. The summed E-state index contributed by atoms with van der Waals surface area (Å²) in [6.45, 7) is 6.03. The molecule has 0 N–H and O–H groups in total. The number of imidazole rings is 1. The quantitative estimate of drug-likeness (QED) is 0.605. The van der Waals surface area contributed by atoms with Gasteiger partial charge in [0.05, 0.1) is 23.5 Å². The molecule has 5 rings (SSSR count). The van der Waals surface area contributed by atoms with Crippen LogP contribution in [0.3, 0.4) is 0 Å². The smallest absolute Gasteiger partial charge is 0.144 e. The zero-order chi connectivity index (χ0) is 23.3. The van der Waals surface area contributed by atoms with Crippen molar-refractivity contribution in [2.45, 2.75) is 38.3 Å². The van der Waals surface area contributed by atoms with Gasteiger partial charge in [0, 0.05) is 42.3 Å². The summed E-state index contributed by atoms with van der Waals surface area (Å²) in [5.41, 5.74) is 5.06. The number of pyridine rings is 1. The largest absolute Gasteiger partial charge is 0.299 e. The molecular formula is C28H28N6. The second-order valence-electron chi connectivity index (χ2n) is 8.55. The lowest BCUT2D eigenvalue weighted by Crippen LogP contribution is -2.25. The number of aromatic nitrogens is 3. The van der Waals surface area contributed by atoms with Crippen molar-refractivity contribution in [3.63, 3.8) is 0 Å². The van der Waals surface area contributed by atoms with E-state index in [4.69, 9.17) is 9.98 Å². The number of hydrogen-bond acceptors (Lipinski definition) is 5. The van der Waals surface area contributed by atoms with E-state index in [1.807, 2.05) is 60.9 Å². The second kappa shape index (κ2) is 9.83. The molecular weight excluding hydrogens is 420 g/mol. The molecule has 0 amide bonds. The summed E-state index contributed by atoms with van der Waals surface area (Å²) in [5, 5.41) is 6.52. The molecule has 6 heteroatoms. The van der Waals surface area contributed by atoms with Gasteiger partial charge in [0.25, 0.3) is 0 Å². The Morgan fingerprint density at radius 1 is 1.12 bits per heavy atom. The standard InChI is InChI=1S/C28H28N6/c1-21-7-6-16-31-34(18-14-21)24-11-9-23(10-12-24)28-32-27(26-8-4-3-5-15-30-26)20-33(28)25-13-17-29-22(2)19-25/h3,5-7,9-11,13-20,24,26H,1,4,8,12H2,2H3/b7-6-,18-14-,31-16-. The molecule has 0 saturated heterocycles. The lowest BCUT2D eigenvalue weighted by Gasteiger charge is -2.25. The first-order valence-electron chi connectivity index (χ1n) is 11.6. The van der Waals surface area contributed by atoms with E-state index in [1.54, 1.807) is 6.21 Å². The molecule has 0 saturated carbocycles. The molecule has 0 radical (unpaired) electrons. The van der Waals surface area contributed by atoms with E-state index in [2.05, 4.69) is 57.8 Å². The molecule has 2 aliphatic heterocycles. The topological polar surface area (TPSA) is 58.7 Å². The van der Waals surface area contributed by atoms with E-state index >= 15 is 0 Å². The minimum Gasteiger partial charge on any atom is -0.299 e. The molecule has 170 valence electrons. The summed E-state index contributed by atoms with van der Waals surface area (Å²) >= 11 is 0. The minimum atomic E-state index is 0.0560. The van der Waals surface area contributed by atoms with Gasteiger partial charge < -0.3 is 0 Å². The molecule has 1 aliphatic carbocycles. The highest BCUT2D eigenvalue weighted by molar-refractivity contribution is 5.74. The fraction of sp³-hybridized carbons (Fsp3) is 0.214. The number of aryl methyl sites for hydroxylation is 1. The normalized spacial score (nSPS) is 24.8. The van der Waals surface area contributed by atoms with Crippen molar-refractivity contribution in [2.75, 3.05) is 0 Å². The fourth-order valence-corrected chi connectivity index (χ4v) is 4.22. The van der Waals surface area contributed by atoms with Gasteiger partial charge in [-0.3, -0.25) is 19.6 Å². The Bertz CT molecular complexity index is 1280. The maximum absolute atomic E-state index is 5.08. The van der Waals surface area contributed by atoms with Gasteiger partial charge in [0.1, 0.15) is 5.82 Å². The van der Waals surface area contributed by atoms with Gasteiger partial charge in [-0.15, -0.1) is 0 Å². The Labute approximate surface area is 200 Å². The van der Waals surface area contributed by atoms with Crippen molar-refractivity contribution in [3.05, 3.63) is 109 Å². The monoisotopic (exact) mass is 448 g/mol. The SMILES string of the molecule is C=C1/C=C\C=N/N(C2C=CC(c3nc(C4CCC=CC=N4)cn3-c3ccnc(C)c3)=CC2)/C=C\1. The molecule has 6 nitrogen and oxygen atoms in total. The summed E-state index contributed by atoms with van der Waals surface area (Å²) in [5.74, 6) is 0.922. The van der Waals surface area contributed by atoms with Crippen LogP contribution in [0.15, 0.2) is 102 Å². The van der Waals surface area contributed by atoms with E-state index in [-0.39, 0.29) is 12.1 Å². The number of nitrogens with zero attached hydrogens (tertiary/aromatic N) is 6. The van der Waals surface area contributed by atoms with E-state index in [9.17, 15) is 0 Å². The first-order chi connectivity index (χ1) is 16.7. The minimum absolute atomic E-state index is 0.0560. The number of aliphatic imine (C=N–C) groups is 1. The van der Waals surface area contributed by atoms with Crippen LogP contribution in [0.1, 0.15) is 42.5 Å². The van der Waals surface area contributed by atoms with Gasteiger partial charge in [0.2, 0.25) is 0 Å². The highest BCUT2D eigenvalue weighted by Crippen LogP contribution is 2.30. The molecule has 0 aromatic carbocycles. The average Bonchev–Trinajstić information content (AvgIpc) is 3.10. The Kier molecular flexibility index (Phi) is 6.29. The number of allylic oxidation sites excluding steroid dienone is 8. The van der Waals surface area contributed by atoms with Crippen LogP contribution in [0.5, 0.6) is 0 Å². The van der Waals surface area contributed by atoms with Crippen LogP contribution in [0.4, 0.5) is 0 Å². The van der Waals surface area contributed by atoms with Crippen LogP contribution in [0.2, 0.25) is 0 Å². The van der Waals surface area contributed by atoms with Gasteiger partial charge in [-0.2, -0.15) is 5.10 Å². The third-order valence-corrected chi connectivity index (χ3v) is 6.03. The summed E-state index contributed by atoms with van der Waals surface area (Å²) in [6, 6.07) is 4.30. The van der Waals surface area contributed by atoms with Crippen LogP contribution >= 0.6 is 0 Å². The lowest BCUT2D eigenvalue weighted by atomic mass is 10.0. The van der Waals surface area contributed by atoms with E-state index in [0.717, 1.165) is 53.3 Å². The van der Waals surface area contributed by atoms with Crippen LogP contribution < -0.4 is 0 Å². The van der Waals surface area contributed by atoms with Crippen molar-refractivity contribution in [1.82, 2.24) is 19.5 Å². The third kappa shape index (κ3) is 4.81. The Morgan fingerprint density at radius 2 is 2.06 bits per heavy atom. The molecule has 2 atom stereocenters. The Hall–Kier alpha value is -4.06. The van der Waals surface area contributed by atoms with Gasteiger partial charge in [-0.1, -0.05) is 37.0 Å². The predicted octanol–water partition coefficient (Wildman–Crippen LogP) is 5.68. The van der Waals surface area contributed by atoms with Crippen molar-refractivity contribution >= 4 is 18.0 Å². The van der Waals surface area contributed by atoms with Crippen molar-refractivity contribution < 1.29 is 0 Å². The lowest BCUT2D eigenvalue weighted by molar-refractivity contribution is 0.338. The van der Waals surface area contributed by atoms with E-state index in [0.29, 0.717) is 0 Å². The van der Waals surface area contributed by atoms with Crippen LogP contribution in [-0.2, 0) is 0 Å². The molecule has 2 aromatic rings. The Morgan fingerprint density at radius 3 is 2.91 bits per heavy atom.